The van der Waals surface area contributed by atoms with Gasteiger partial charge in [-0.1, -0.05) is 0 Å². The first-order chi connectivity index (χ1) is 16.9. The maximum absolute atomic E-state index is 13.2. The second-order valence-corrected chi connectivity index (χ2v) is 7.70. The van der Waals surface area contributed by atoms with Crippen molar-refractivity contribution in [2.45, 2.75) is 24.9 Å². The van der Waals surface area contributed by atoms with Crippen molar-refractivity contribution in [2.24, 2.45) is 0 Å². The molecule has 1 aliphatic heterocycles. The molecule has 0 aromatic heterocycles. The van der Waals surface area contributed by atoms with Gasteiger partial charge in [0.1, 0.15) is 6.04 Å². The van der Waals surface area contributed by atoms with Crippen molar-refractivity contribution in [1.82, 2.24) is 4.90 Å². The van der Waals surface area contributed by atoms with Gasteiger partial charge in [0.25, 0.3) is 0 Å². The Balaban J connectivity index is 2.34. The highest BCUT2D eigenvalue weighted by Gasteiger charge is 2.43. The largest absolute Gasteiger partial charge is 0.493 e. The summed E-state index contributed by atoms with van der Waals surface area (Å²) < 4.78 is 38.1. The van der Waals surface area contributed by atoms with Crippen LogP contribution < -0.4 is 28.4 Å². The number of ether oxygens (including phenoxy) is 7. The Morgan fingerprint density at radius 2 is 1.14 bits per heavy atom. The minimum Gasteiger partial charge on any atom is -0.493 e. The number of hydrogen-bond acceptors (Lipinski definition) is 9. The zero-order valence-corrected chi connectivity index (χ0v) is 21.0. The number of nitrogens with zero attached hydrogens (tertiary/aromatic N) is 1. The van der Waals surface area contributed by atoms with Crippen molar-refractivity contribution in [1.29, 1.82) is 0 Å². The van der Waals surface area contributed by atoms with Crippen LogP contribution in [0.4, 0.5) is 0 Å². The Labute approximate surface area is 204 Å². The van der Waals surface area contributed by atoms with Crippen molar-refractivity contribution in [3.05, 3.63) is 35.4 Å². The highest BCUT2D eigenvalue weighted by molar-refractivity contribution is 5.89. The van der Waals surface area contributed by atoms with E-state index in [-0.39, 0.29) is 12.3 Å². The summed E-state index contributed by atoms with van der Waals surface area (Å²) in [5.41, 5.74) is 1.25. The molecule has 1 heterocycles. The highest BCUT2D eigenvalue weighted by Crippen LogP contribution is 2.47. The molecule has 0 aliphatic carbocycles. The summed E-state index contributed by atoms with van der Waals surface area (Å²) in [4.78, 5) is 27.4. The van der Waals surface area contributed by atoms with Crippen LogP contribution in [0.5, 0.6) is 34.5 Å². The van der Waals surface area contributed by atoms with E-state index in [0.29, 0.717) is 52.0 Å². The van der Waals surface area contributed by atoms with E-state index in [2.05, 4.69) is 0 Å². The quantitative estimate of drug-likeness (QED) is 0.466. The minimum absolute atomic E-state index is 0.200. The van der Waals surface area contributed by atoms with Crippen LogP contribution in [0.15, 0.2) is 24.3 Å². The lowest BCUT2D eigenvalue weighted by Crippen LogP contribution is -2.42. The van der Waals surface area contributed by atoms with Crippen molar-refractivity contribution in [3.63, 3.8) is 0 Å². The first kappa shape index (κ1) is 25.8. The molecule has 0 bridgehead atoms. The first-order valence-corrected chi connectivity index (χ1v) is 10.9. The van der Waals surface area contributed by atoms with E-state index in [1.807, 2.05) is 0 Å². The zero-order valence-electron chi connectivity index (χ0n) is 21.0. The van der Waals surface area contributed by atoms with Crippen LogP contribution in [0.2, 0.25) is 0 Å². The number of carbonyl (C=O) groups is 2. The topological polar surface area (TPSA) is 102 Å². The summed E-state index contributed by atoms with van der Waals surface area (Å²) in [6.07, 6.45) is 0.530. The summed E-state index contributed by atoms with van der Waals surface area (Å²) in [6.45, 7) is 0. The number of methoxy groups -OCH3 is 7. The first-order valence-electron chi connectivity index (χ1n) is 10.9. The van der Waals surface area contributed by atoms with Crippen molar-refractivity contribution in [2.75, 3.05) is 49.8 Å². The molecule has 0 radical (unpaired) electrons. The number of amides is 1. The van der Waals surface area contributed by atoms with Crippen molar-refractivity contribution >= 4 is 11.9 Å². The number of carbonyl (C=O) groups excluding carboxylic acids is 2. The summed E-state index contributed by atoms with van der Waals surface area (Å²) in [5.74, 6) is 1.72. The number of likely N-dealkylation sites (tertiary alicyclic amines) is 1. The molecule has 0 saturated carbocycles. The van der Waals surface area contributed by atoms with Crippen molar-refractivity contribution in [3.8, 4) is 34.5 Å². The van der Waals surface area contributed by atoms with Gasteiger partial charge in [-0.05, 0) is 41.8 Å². The van der Waals surface area contributed by atoms with Crippen molar-refractivity contribution < 1.29 is 42.7 Å². The smallest absolute Gasteiger partial charge is 0.328 e. The Kier molecular flexibility index (Phi) is 8.16. The molecule has 3 rings (SSSR count). The number of rotatable bonds is 10. The summed E-state index contributed by atoms with van der Waals surface area (Å²) in [7, 11) is 10.3. The Morgan fingerprint density at radius 3 is 1.46 bits per heavy atom. The average molecular weight is 490 g/mol. The van der Waals surface area contributed by atoms with Gasteiger partial charge in [-0.3, -0.25) is 4.79 Å². The second kappa shape index (κ2) is 11.1. The maximum atomic E-state index is 13.2. The van der Waals surface area contributed by atoms with Gasteiger partial charge in [-0.25, -0.2) is 4.79 Å². The third-order valence-corrected chi connectivity index (χ3v) is 6.01. The Morgan fingerprint density at radius 1 is 0.743 bits per heavy atom. The number of hydrogen-bond donors (Lipinski definition) is 0. The van der Waals surface area contributed by atoms with E-state index < -0.39 is 18.1 Å². The maximum Gasteiger partial charge on any atom is 0.328 e. The SMILES string of the molecule is COC(=O)[C@@H]1CCC(=O)N1C(c1cc(OC)c(OC)c(OC)c1)c1cc(OC)c(OC)c(OC)c1. The lowest BCUT2D eigenvalue weighted by atomic mass is 9.94. The molecule has 0 spiro atoms. The van der Waals surface area contributed by atoms with Crippen LogP contribution >= 0.6 is 0 Å². The predicted molar refractivity (Wildman–Crippen MR) is 126 cm³/mol. The molecule has 1 fully saturated rings. The van der Waals surface area contributed by atoms with Gasteiger partial charge < -0.3 is 38.1 Å². The van der Waals surface area contributed by atoms with Crippen LogP contribution in [0.1, 0.15) is 30.0 Å². The van der Waals surface area contributed by atoms with E-state index in [0.717, 1.165) is 0 Å². The van der Waals surface area contributed by atoms with Gasteiger partial charge >= 0.3 is 5.97 Å². The average Bonchev–Trinajstić information content (AvgIpc) is 3.27. The molecule has 1 atom stereocenters. The second-order valence-electron chi connectivity index (χ2n) is 7.70. The van der Waals surface area contributed by atoms with E-state index in [1.54, 1.807) is 24.3 Å². The molecule has 35 heavy (non-hydrogen) atoms. The van der Waals surface area contributed by atoms with Gasteiger partial charge in [0.2, 0.25) is 17.4 Å². The van der Waals surface area contributed by atoms with Crippen LogP contribution in [-0.2, 0) is 14.3 Å². The van der Waals surface area contributed by atoms with Gasteiger partial charge in [-0.15, -0.1) is 0 Å². The third kappa shape index (κ3) is 4.73. The van der Waals surface area contributed by atoms with Crippen LogP contribution in [0.3, 0.4) is 0 Å². The third-order valence-electron chi connectivity index (χ3n) is 6.01. The van der Waals surface area contributed by atoms with Gasteiger partial charge in [-0.2, -0.15) is 0 Å². The van der Waals surface area contributed by atoms with Gasteiger partial charge in [0.15, 0.2) is 23.0 Å². The van der Waals surface area contributed by atoms with E-state index in [9.17, 15) is 9.59 Å². The molecule has 10 nitrogen and oxygen atoms in total. The fourth-order valence-electron chi connectivity index (χ4n) is 4.43. The Bertz CT molecular complexity index is 971. The van der Waals surface area contributed by atoms with Crippen LogP contribution in [0.25, 0.3) is 0 Å². The fraction of sp³-hybridized carbons (Fsp3) is 0.440. The molecule has 190 valence electrons. The van der Waals surface area contributed by atoms with Gasteiger partial charge in [0.05, 0.1) is 55.8 Å². The fourth-order valence-corrected chi connectivity index (χ4v) is 4.43. The van der Waals surface area contributed by atoms with Crippen LogP contribution in [0, 0.1) is 0 Å². The minimum atomic E-state index is -0.782. The summed E-state index contributed by atoms with van der Waals surface area (Å²) >= 11 is 0. The molecule has 0 N–H and O–H groups in total. The highest BCUT2D eigenvalue weighted by atomic mass is 16.5. The van der Waals surface area contributed by atoms with Crippen LogP contribution in [-0.4, -0.2) is 72.6 Å². The predicted octanol–water partition coefficient (Wildman–Crippen LogP) is 2.99. The van der Waals surface area contributed by atoms with E-state index in [4.69, 9.17) is 33.2 Å². The number of esters is 1. The standard InChI is InChI=1S/C25H31NO9/c1-29-17-10-14(11-18(30-2)23(17)33-5)22(26-16(25(28)35-7)8-9-21(26)27)15-12-19(31-3)24(34-6)20(13-15)32-4/h10-13,16,22H,8-9H2,1-7H3/t16-/m0/s1. The molecule has 1 aliphatic rings. The molecular weight excluding hydrogens is 458 g/mol. The normalized spacial score (nSPS) is 15.1. The molecule has 1 amide bonds. The summed E-state index contributed by atoms with van der Waals surface area (Å²) in [5, 5.41) is 0. The van der Waals surface area contributed by atoms with E-state index >= 15 is 0 Å². The molecule has 1 saturated heterocycles. The molecule has 10 heteroatoms. The molecule has 0 unspecified atom stereocenters. The zero-order chi connectivity index (χ0) is 25.7. The number of benzene rings is 2. The van der Waals surface area contributed by atoms with E-state index in [1.165, 1.54) is 54.7 Å². The molecule has 2 aromatic carbocycles. The Hall–Kier alpha value is -3.82. The summed E-state index contributed by atoms with van der Waals surface area (Å²) in [6, 6.07) is 5.46. The lowest BCUT2D eigenvalue weighted by Gasteiger charge is -2.34. The lowest BCUT2D eigenvalue weighted by molar-refractivity contribution is -0.150. The molecule has 2 aromatic rings. The molecular formula is C25H31NO9. The monoisotopic (exact) mass is 489 g/mol. The van der Waals surface area contributed by atoms with Gasteiger partial charge in [0, 0.05) is 6.42 Å².